The van der Waals surface area contributed by atoms with Crippen LogP contribution in [-0.2, 0) is 9.59 Å². The molecule has 1 aliphatic heterocycles. The van der Waals surface area contributed by atoms with Gasteiger partial charge in [0.25, 0.3) is 0 Å². The number of likely N-dealkylation sites (tertiary alicyclic amines) is 1. The Balaban J connectivity index is 1.53. The standard InChI is InChI=1S/C20H18F2N4O2/c21-20(22)26-16-5-2-1-4-15(16)24-19(26)13-7-9-14(10-8-13)23-17(27)12-25-11-3-6-18(25)28/h1-2,4-5,7-10,20H,3,6,11-12H2,(H,23,27). The second-order valence-electron chi connectivity index (χ2n) is 6.62. The fourth-order valence-corrected chi connectivity index (χ4v) is 3.39. The summed E-state index contributed by atoms with van der Waals surface area (Å²) < 4.78 is 28.1. The minimum Gasteiger partial charge on any atom is -0.333 e. The quantitative estimate of drug-likeness (QED) is 0.730. The number of imidazole rings is 1. The Kier molecular flexibility index (Phi) is 4.77. The summed E-state index contributed by atoms with van der Waals surface area (Å²) in [5.41, 5.74) is 1.90. The highest BCUT2D eigenvalue weighted by molar-refractivity contribution is 5.95. The van der Waals surface area contributed by atoms with Gasteiger partial charge in [0.05, 0.1) is 17.6 Å². The Morgan fingerprint density at radius 2 is 1.89 bits per heavy atom. The van der Waals surface area contributed by atoms with Crippen molar-refractivity contribution in [3.63, 3.8) is 0 Å². The number of nitrogens with zero attached hydrogens (tertiary/aromatic N) is 3. The molecule has 3 aromatic rings. The van der Waals surface area contributed by atoms with Crippen LogP contribution >= 0.6 is 0 Å². The third-order valence-electron chi connectivity index (χ3n) is 4.72. The molecule has 0 saturated carbocycles. The van der Waals surface area contributed by atoms with Crippen LogP contribution in [0.4, 0.5) is 14.5 Å². The van der Waals surface area contributed by atoms with E-state index in [4.69, 9.17) is 0 Å². The van der Waals surface area contributed by atoms with Gasteiger partial charge in [0.15, 0.2) is 0 Å². The van der Waals surface area contributed by atoms with Crippen molar-refractivity contribution in [2.75, 3.05) is 18.4 Å². The Bertz CT molecular complexity index is 1030. The molecule has 1 N–H and O–H groups in total. The molecule has 1 saturated heterocycles. The van der Waals surface area contributed by atoms with Crippen molar-refractivity contribution >= 4 is 28.5 Å². The molecular weight excluding hydrogens is 366 g/mol. The lowest BCUT2D eigenvalue weighted by Crippen LogP contribution is -2.33. The lowest BCUT2D eigenvalue weighted by Gasteiger charge is -2.15. The normalized spacial score (nSPS) is 14.2. The average molecular weight is 384 g/mol. The molecule has 8 heteroatoms. The number of amides is 2. The van der Waals surface area contributed by atoms with E-state index in [0.29, 0.717) is 35.2 Å². The predicted octanol–water partition coefficient (Wildman–Crippen LogP) is 3.66. The second kappa shape index (κ2) is 7.38. The molecule has 0 radical (unpaired) electrons. The van der Waals surface area contributed by atoms with E-state index in [1.165, 1.54) is 4.90 Å². The maximum atomic E-state index is 13.6. The minimum atomic E-state index is -2.72. The molecule has 28 heavy (non-hydrogen) atoms. The fourth-order valence-electron chi connectivity index (χ4n) is 3.39. The Morgan fingerprint density at radius 1 is 1.14 bits per heavy atom. The maximum Gasteiger partial charge on any atom is 0.320 e. The van der Waals surface area contributed by atoms with Gasteiger partial charge in [-0.2, -0.15) is 8.78 Å². The number of fused-ring (bicyclic) bond motifs is 1. The van der Waals surface area contributed by atoms with Gasteiger partial charge in [-0.15, -0.1) is 0 Å². The Hall–Kier alpha value is -3.29. The number of alkyl halides is 2. The molecule has 0 bridgehead atoms. The average Bonchev–Trinajstić information content (AvgIpc) is 3.26. The first-order chi connectivity index (χ1) is 13.5. The molecule has 1 fully saturated rings. The number of carbonyl (C=O) groups is 2. The van der Waals surface area contributed by atoms with Crippen molar-refractivity contribution in [2.45, 2.75) is 19.4 Å². The first-order valence-corrected chi connectivity index (χ1v) is 8.96. The summed E-state index contributed by atoms with van der Waals surface area (Å²) in [6.45, 7) is -2.11. The summed E-state index contributed by atoms with van der Waals surface area (Å²) in [6, 6.07) is 13.3. The van der Waals surface area contributed by atoms with Gasteiger partial charge in [0, 0.05) is 24.2 Å². The summed E-state index contributed by atoms with van der Waals surface area (Å²) in [6.07, 6.45) is 1.25. The molecule has 0 unspecified atom stereocenters. The van der Waals surface area contributed by atoms with Crippen molar-refractivity contribution in [1.82, 2.24) is 14.5 Å². The molecule has 0 spiro atoms. The van der Waals surface area contributed by atoms with Gasteiger partial charge >= 0.3 is 6.55 Å². The van der Waals surface area contributed by atoms with Crippen molar-refractivity contribution in [3.8, 4) is 11.4 Å². The van der Waals surface area contributed by atoms with Crippen LogP contribution in [0, 0.1) is 0 Å². The van der Waals surface area contributed by atoms with E-state index in [9.17, 15) is 18.4 Å². The molecule has 2 heterocycles. The zero-order chi connectivity index (χ0) is 19.7. The van der Waals surface area contributed by atoms with Crippen LogP contribution in [0.5, 0.6) is 0 Å². The third kappa shape index (κ3) is 3.45. The van der Waals surface area contributed by atoms with Crippen LogP contribution in [0.1, 0.15) is 19.4 Å². The molecule has 1 aromatic heterocycles. The SMILES string of the molecule is O=C(CN1CCCC1=O)Nc1ccc(-c2nc3ccccc3n2C(F)F)cc1. The molecule has 2 amide bonds. The third-order valence-corrected chi connectivity index (χ3v) is 4.72. The topological polar surface area (TPSA) is 67.2 Å². The number of hydrogen-bond acceptors (Lipinski definition) is 3. The van der Waals surface area contributed by atoms with Gasteiger partial charge in [0.1, 0.15) is 5.82 Å². The number of nitrogens with one attached hydrogen (secondary N) is 1. The van der Waals surface area contributed by atoms with Gasteiger partial charge in [-0.1, -0.05) is 12.1 Å². The lowest BCUT2D eigenvalue weighted by atomic mass is 10.2. The fraction of sp³-hybridized carbons (Fsp3) is 0.250. The number of hydrogen-bond donors (Lipinski definition) is 1. The summed E-state index contributed by atoms with van der Waals surface area (Å²) in [5.74, 6) is -0.143. The molecular formula is C20H18F2N4O2. The highest BCUT2D eigenvalue weighted by Gasteiger charge is 2.22. The number of anilines is 1. The van der Waals surface area contributed by atoms with Crippen molar-refractivity contribution < 1.29 is 18.4 Å². The van der Waals surface area contributed by atoms with E-state index in [0.717, 1.165) is 11.0 Å². The number of carbonyl (C=O) groups excluding carboxylic acids is 2. The van der Waals surface area contributed by atoms with Crippen LogP contribution in [0.3, 0.4) is 0 Å². The van der Waals surface area contributed by atoms with E-state index in [1.807, 2.05) is 0 Å². The molecule has 0 aliphatic carbocycles. The number of benzene rings is 2. The highest BCUT2D eigenvalue weighted by atomic mass is 19.3. The molecule has 6 nitrogen and oxygen atoms in total. The largest absolute Gasteiger partial charge is 0.333 e. The van der Waals surface area contributed by atoms with Crippen molar-refractivity contribution in [3.05, 3.63) is 48.5 Å². The molecule has 1 aliphatic rings. The van der Waals surface area contributed by atoms with Crippen LogP contribution in [0.2, 0.25) is 0 Å². The second-order valence-corrected chi connectivity index (χ2v) is 6.62. The van der Waals surface area contributed by atoms with Crippen molar-refractivity contribution in [2.24, 2.45) is 0 Å². The first kappa shape index (κ1) is 18.1. The highest BCUT2D eigenvalue weighted by Crippen LogP contribution is 2.30. The van der Waals surface area contributed by atoms with Crippen molar-refractivity contribution in [1.29, 1.82) is 0 Å². The van der Waals surface area contributed by atoms with E-state index in [-0.39, 0.29) is 24.2 Å². The summed E-state index contributed by atoms with van der Waals surface area (Å²) in [4.78, 5) is 29.6. The summed E-state index contributed by atoms with van der Waals surface area (Å²) in [5, 5.41) is 2.72. The maximum absolute atomic E-state index is 13.6. The monoisotopic (exact) mass is 384 g/mol. The van der Waals surface area contributed by atoms with E-state index in [2.05, 4.69) is 10.3 Å². The van der Waals surface area contributed by atoms with Crippen LogP contribution in [0.25, 0.3) is 22.4 Å². The number of halogens is 2. The van der Waals surface area contributed by atoms with Gasteiger partial charge in [-0.3, -0.25) is 14.2 Å². The molecule has 2 aromatic carbocycles. The van der Waals surface area contributed by atoms with E-state index >= 15 is 0 Å². The van der Waals surface area contributed by atoms with E-state index in [1.54, 1.807) is 48.5 Å². The van der Waals surface area contributed by atoms with E-state index < -0.39 is 6.55 Å². The predicted molar refractivity (Wildman–Crippen MR) is 101 cm³/mol. The van der Waals surface area contributed by atoms with Gasteiger partial charge < -0.3 is 10.2 Å². The minimum absolute atomic E-state index is 0.0156. The molecule has 0 atom stereocenters. The smallest absolute Gasteiger partial charge is 0.320 e. The first-order valence-electron chi connectivity index (χ1n) is 8.96. The summed E-state index contributed by atoms with van der Waals surface area (Å²) in [7, 11) is 0. The van der Waals surface area contributed by atoms with Crippen LogP contribution in [-0.4, -0.2) is 39.4 Å². The molecule has 4 rings (SSSR count). The summed E-state index contributed by atoms with van der Waals surface area (Å²) >= 11 is 0. The number of aromatic nitrogens is 2. The van der Waals surface area contributed by atoms with Gasteiger partial charge in [-0.25, -0.2) is 4.98 Å². The van der Waals surface area contributed by atoms with Gasteiger partial charge in [0.2, 0.25) is 11.8 Å². The zero-order valence-electron chi connectivity index (χ0n) is 14.9. The number of para-hydroxylation sites is 2. The van der Waals surface area contributed by atoms with Crippen LogP contribution in [0.15, 0.2) is 48.5 Å². The lowest BCUT2D eigenvalue weighted by molar-refractivity contribution is -0.131. The Morgan fingerprint density at radius 3 is 2.57 bits per heavy atom. The number of rotatable bonds is 5. The molecule has 144 valence electrons. The van der Waals surface area contributed by atoms with Crippen LogP contribution < -0.4 is 5.32 Å². The Labute approximate surface area is 159 Å². The van der Waals surface area contributed by atoms with Gasteiger partial charge in [-0.05, 0) is 42.8 Å². The zero-order valence-corrected chi connectivity index (χ0v) is 14.9.